The van der Waals surface area contributed by atoms with E-state index < -0.39 is 11.6 Å². The molecular weight excluding hydrogens is 197 g/mol. The Morgan fingerprint density at radius 2 is 2.20 bits per heavy atom. The van der Waals surface area contributed by atoms with Crippen LogP contribution >= 0.6 is 0 Å². The van der Waals surface area contributed by atoms with Crippen LogP contribution in [0.2, 0.25) is 0 Å². The number of ketones is 1. The van der Waals surface area contributed by atoms with Crippen molar-refractivity contribution in [1.29, 1.82) is 0 Å². The van der Waals surface area contributed by atoms with Gasteiger partial charge in [0.1, 0.15) is 11.4 Å². The van der Waals surface area contributed by atoms with E-state index in [0.717, 1.165) is 0 Å². The molecule has 0 saturated carbocycles. The molecule has 4 nitrogen and oxygen atoms in total. The van der Waals surface area contributed by atoms with Gasteiger partial charge in [0.15, 0.2) is 5.82 Å². The molecule has 0 aliphatic rings. The summed E-state index contributed by atoms with van der Waals surface area (Å²) < 4.78 is 14.6. The van der Waals surface area contributed by atoms with Crippen LogP contribution in [0.1, 0.15) is 16.2 Å². The van der Waals surface area contributed by atoms with Gasteiger partial charge < -0.3 is 0 Å². The van der Waals surface area contributed by atoms with Gasteiger partial charge in [-0.3, -0.25) is 9.48 Å². The van der Waals surface area contributed by atoms with Crippen LogP contribution in [0.25, 0.3) is 0 Å². The van der Waals surface area contributed by atoms with Crippen LogP contribution in [0.5, 0.6) is 0 Å². The smallest absolute Gasteiger partial charge is 0.232 e. The summed E-state index contributed by atoms with van der Waals surface area (Å²) in [6.07, 6.45) is 2.86. The van der Waals surface area contributed by atoms with Gasteiger partial charge in [-0.1, -0.05) is 0 Å². The lowest BCUT2D eigenvalue weighted by molar-refractivity contribution is 0.102. The number of pyridine rings is 1. The first-order valence-corrected chi connectivity index (χ1v) is 4.33. The molecule has 76 valence electrons. The summed E-state index contributed by atoms with van der Waals surface area (Å²) in [7, 11) is 1.62. The zero-order chi connectivity index (χ0) is 10.8. The highest BCUT2D eigenvalue weighted by Gasteiger charge is 2.17. The molecule has 0 aliphatic heterocycles. The molecule has 2 heterocycles. The van der Waals surface area contributed by atoms with Crippen LogP contribution < -0.4 is 0 Å². The molecule has 0 fully saturated rings. The predicted molar refractivity (Wildman–Crippen MR) is 50.8 cm³/mol. The van der Waals surface area contributed by atoms with E-state index in [9.17, 15) is 9.18 Å². The van der Waals surface area contributed by atoms with E-state index in [4.69, 9.17) is 0 Å². The third-order valence-corrected chi connectivity index (χ3v) is 2.03. The Balaban J connectivity index is 2.46. The quantitative estimate of drug-likeness (QED) is 0.692. The first-order valence-electron chi connectivity index (χ1n) is 4.33. The highest BCUT2D eigenvalue weighted by molar-refractivity contribution is 6.06. The minimum Gasteiger partial charge on any atom is -0.285 e. The van der Waals surface area contributed by atoms with E-state index >= 15 is 0 Å². The number of carbonyl (C=O) groups is 1. The maximum atomic E-state index is 13.3. The molecular formula is C10H8FN3O. The molecule has 0 N–H and O–H groups in total. The maximum Gasteiger partial charge on any atom is 0.232 e. The second-order valence-corrected chi connectivity index (χ2v) is 3.00. The van der Waals surface area contributed by atoms with Crippen molar-refractivity contribution < 1.29 is 9.18 Å². The molecule has 2 aromatic heterocycles. The Morgan fingerprint density at radius 3 is 2.80 bits per heavy atom. The molecule has 0 spiro atoms. The highest BCUT2D eigenvalue weighted by atomic mass is 19.1. The summed E-state index contributed by atoms with van der Waals surface area (Å²) in [5.41, 5.74) is 0.133. The van der Waals surface area contributed by atoms with Crippen molar-refractivity contribution in [3.8, 4) is 0 Å². The Bertz CT molecular complexity index is 507. The standard InChI is InChI=1S/C10H8FN3O/c1-14-8(4-6-13-14)10(15)9-7(11)3-2-5-12-9/h2-6H,1H3. The molecule has 0 radical (unpaired) electrons. The minimum absolute atomic E-state index is 0.180. The van der Waals surface area contributed by atoms with Crippen molar-refractivity contribution >= 4 is 5.78 Å². The van der Waals surface area contributed by atoms with Gasteiger partial charge in [-0.25, -0.2) is 9.37 Å². The lowest BCUT2D eigenvalue weighted by Gasteiger charge is -2.01. The van der Waals surface area contributed by atoms with E-state index in [1.54, 1.807) is 7.05 Å². The van der Waals surface area contributed by atoms with Gasteiger partial charge >= 0.3 is 0 Å². The molecule has 0 unspecified atom stereocenters. The summed E-state index contributed by atoms with van der Waals surface area (Å²) in [5, 5.41) is 3.84. The topological polar surface area (TPSA) is 47.8 Å². The highest BCUT2D eigenvalue weighted by Crippen LogP contribution is 2.09. The van der Waals surface area contributed by atoms with E-state index in [2.05, 4.69) is 10.1 Å². The van der Waals surface area contributed by atoms with Crippen molar-refractivity contribution in [2.45, 2.75) is 0 Å². The number of aryl methyl sites for hydroxylation is 1. The average Bonchev–Trinajstić information content (AvgIpc) is 2.64. The lowest BCUT2D eigenvalue weighted by Crippen LogP contribution is -2.11. The fourth-order valence-electron chi connectivity index (χ4n) is 1.27. The number of carbonyl (C=O) groups excluding carboxylic acids is 1. The van der Waals surface area contributed by atoms with E-state index in [1.807, 2.05) is 0 Å². The fraction of sp³-hybridized carbons (Fsp3) is 0.100. The molecule has 15 heavy (non-hydrogen) atoms. The molecule has 2 rings (SSSR count). The molecule has 0 saturated heterocycles. The van der Waals surface area contributed by atoms with Gasteiger partial charge in [0.05, 0.1) is 0 Å². The number of nitrogens with zero attached hydrogens (tertiary/aromatic N) is 3. The largest absolute Gasteiger partial charge is 0.285 e. The maximum absolute atomic E-state index is 13.3. The molecule has 0 aliphatic carbocycles. The van der Waals surface area contributed by atoms with E-state index in [0.29, 0.717) is 5.69 Å². The SMILES string of the molecule is Cn1nccc1C(=O)c1ncccc1F. The molecule has 0 bridgehead atoms. The van der Waals surface area contributed by atoms with Gasteiger partial charge in [-0.05, 0) is 18.2 Å². The normalized spacial score (nSPS) is 10.3. The van der Waals surface area contributed by atoms with Crippen LogP contribution in [-0.2, 0) is 7.05 Å². The lowest BCUT2D eigenvalue weighted by atomic mass is 10.2. The van der Waals surface area contributed by atoms with Crippen LogP contribution in [0.3, 0.4) is 0 Å². The van der Waals surface area contributed by atoms with Crippen LogP contribution in [0.4, 0.5) is 4.39 Å². The van der Waals surface area contributed by atoms with Crippen molar-refractivity contribution in [2.75, 3.05) is 0 Å². The van der Waals surface area contributed by atoms with Gasteiger partial charge in [0.25, 0.3) is 0 Å². The van der Waals surface area contributed by atoms with Crippen LogP contribution in [0, 0.1) is 5.82 Å². The Labute approximate surface area is 85.4 Å². The van der Waals surface area contributed by atoms with Crippen molar-refractivity contribution in [2.24, 2.45) is 7.05 Å². The summed E-state index contributed by atoms with van der Waals surface area (Å²) >= 11 is 0. The van der Waals surface area contributed by atoms with Gasteiger partial charge in [0.2, 0.25) is 5.78 Å². The Hall–Kier alpha value is -2.04. The molecule has 5 heteroatoms. The van der Waals surface area contributed by atoms with Crippen molar-refractivity contribution in [1.82, 2.24) is 14.8 Å². The molecule has 0 aromatic carbocycles. The van der Waals surface area contributed by atoms with Crippen molar-refractivity contribution in [3.05, 3.63) is 47.8 Å². The first-order chi connectivity index (χ1) is 7.20. The zero-order valence-electron chi connectivity index (χ0n) is 8.01. The van der Waals surface area contributed by atoms with E-state index in [1.165, 1.54) is 35.3 Å². The summed E-state index contributed by atoms with van der Waals surface area (Å²) in [5.74, 6) is -1.09. The van der Waals surface area contributed by atoms with Gasteiger partial charge in [-0.15, -0.1) is 0 Å². The predicted octanol–water partition coefficient (Wildman–Crippen LogP) is 1.19. The van der Waals surface area contributed by atoms with Gasteiger partial charge in [-0.2, -0.15) is 5.10 Å². The summed E-state index contributed by atoms with van der Waals surface area (Å²) in [6.45, 7) is 0. The molecule has 0 atom stereocenters. The number of halogens is 1. The zero-order valence-corrected chi connectivity index (χ0v) is 8.01. The number of hydrogen-bond donors (Lipinski definition) is 0. The average molecular weight is 205 g/mol. The third kappa shape index (κ3) is 1.63. The summed E-state index contributed by atoms with van der Waals surface area (Å²) in [4.78, 5) is 15.5. The Morgan fingerprint density at radius 1 is 1.40 bits per heavy atom. The van der Waals surface area contributed by atoms with Crippen molar-refractivity contribution in [3.63, 3.8) is 0 Å². The third-order valence-electron chi connectivity index (χ3n) is 2.03. The Kier molecular flexibility index (Phi) is 2.29. The first kappa shape index (κ1) is 9.51. The second kappa shape index (κ2) is 3.61. The second-order valence-electron chi connectivity index (χ2n) is 3.00. The number of aromatic nitrogens is 3. The molecule has 0 amide bonds. The van der Waals surface area contributed by atoms with Crippen LogP contribution in [0.15, 0.2) is 30.6 Å². The fourth-order valence-corrected chi connectivity index (χ4v) is 1.27. The summed E-state index contributed by atoms with van der Waals surface area (Å²) in [6, 6.07) is 4.17. The van der Waals surface area contributed by atoms with Gasteiger partial charge in [0, 0.05) is 19.4 Å². The molecule has 2 aromatic rings. The van der Waals surface area contributed by atoms with Crippen LogP contribution in [-0.4, -0.2) is 20.5 Å². The minimum atomic E-state index is -0.622. The number of rotatable bonds is 2. The monoisotopic (exact) mass is 205 g/mol. The number of hydrogen-bond acceptors (Lipinski definition) is 3. The van der Waals surface area contributed by atoms with E-state index in [-0.39, 0.29) is 5.69 Å².